The largest absolute Gasteiger partial charge is 0.497 e. The van der Waals surface area contributed by atoms with Crippen molar-refractivity contribution in [2.45, 2.75) is 38.1 Å². The molecule has 6 heteroatoms. The highest BCUT2D eigenvalue weighted by Gasteiger charge is 2.22. The van der Waals surface area contributed by atoms with Gasteiger partial charge in [0.2, 0.25) is 0 Å². The van der Waals surface area contributed by atoms with Crippen molar-refractivity contribution in [2.75, 3.05) is 7.11 Å². The Morgan fingerprint density at radius 2 is 1.79 bits per heavy atom. The smallest absolute Gasteiger partial charge is 0.191 e. The molecule has 0 saturated heterocycles. The molecule has 0 aliphatic heterocycles. The molecule has 1 aromatic heterocycles. The van der Waals surface area contributed by atoms with Crippen LogP contribution >= 0.6 is 11.8 Å². The van der Waals surface area contributed by atoms with Crippen molar-refractivity contribution >= 4 is 17.5 Å². The van der Waals surface area contributed by atoms with E-state index < -0.39 is 0 Å². The van der Waals surface area contributed by atoms with Gasteiger partial charge >= 0.3 is 0 Å². The molecule has 2 aromatic carbocycles. The van der Waals surface area contributed by atoms with Crippen molar-refractivity contribution in [1.82, 2.24) is 14.8 Å². The van der Waals surface area contributed by atoms with E-state index in [9.17, 15) is 4.79 Å². The number of rotatable bonds is 6. The van der Waals surface area contributed by atoms with Crippen molar-refractivity contribution in [3.05, 3.63) is 58.7 Å². The lowest BCUT2D eigenvalue weighted by Gasteiger charge is -2.14. The summed E-state index contributed by atoms with van der Waals surface area (Å²) in [6, 6.07) is 11.8. The first-order valence-electron chi connectivity index (χ1n) is 9.14. The van der Waals surface area contributed by atoms with Gasteiger partial charge in [0.1, 0.15) is 5.75 Å². The molecule has 0 fully saturated rings. The third-order valence-corrected chi connectivity index (χ3v) is 6.05. The fraction of sp³-hybridized carbons (Fsp3) is 0.318. The normalized spacial score (nSPS) is 12.1. The van der Waals surface area contributed by atoms with Gasteiger partial charge < -0.3 is 9.30 Å². The second kappa shape index (κ2) is 8.19. The predicted octanol–water partition coefficient (Wildman–Crippen LogP) is 4.78. The van der Waals surface area contributed by atoms with Gasteiger partial charge in [0.05, 0.1) is 12.4 Å². The molecule has 0 radical (unpaired) electrons. The van der Waals surface area contributed by atoms with Gasteiger partial charge in [-0.15, -0.1) is 10.2 Å². The quantitative estimate of drug-likeness (QED) is 0.444. The van der Waals surface area contributed by atoms with Gasteiger partial charge in [0.25, 0.3) is 0 Å². The van der Waals surface area contributed by atoms with E-state index in [1.165, 1.54) is 17.3 Å². The van der Waals surface area contributed by atoms with E-state index in [1.54, 1.807) is 7.11 Å². The first-order valence-corrected chi connectivity index (χ1v) is 10.0. The maximum atomic E-state index is 13.0. The highest BCUT2D eigenvalue weighted by molar-refractivity contribution is 8.00. The average molecular weight is 396 g/mol. The van der Waals surface area contributed by atoms with E-state index in [1.807, 2.05) is 62.7 Å². The lowest BCUT2D eigenvalue weighted by atomic mass is 9.97. The summed E-state index contributed by atoms with van der Waals surface area (Å²) >= 11 is 1.43. The SMILES string of the molecule is COc1cccc(-c2nnc(SC(C)C(=O)c3cc(C)c(C)cc3C)n2C)c1. The van der Waals surface area contributed by atoms with Gasteiger partial charge in [-0.2, -0.15) is 0 Å². The molecule has 0 N–H and O–H groups in total. The molecule has 0 spiro atoms. The molecule has 0 aliphatic rings. The summed E-state index contributed by atoms with van der Waals surface area (Å²) in [6.45, 7) is 8.00. The zero-order chi connectivity index (χ0) is 20.4. The van der Waals surface area contributed by atoms with Crippen LogP contribution < -0.4 is 4.74 Å². The van der Waals surface area contributed by atoms with Crippen LogP contribution in [0.25, 0.3) is 11.4 Å². The fourth-order valence-electron chi connectivity index (χ4n) is 3.09. The van der Waals surface area contributed by atoms with Crippen LogP contribution in [0.5, 0.6) is 5.75 Å². The number of benzene rings is 2. The highest BCUT2D eigenvalue weighted by atomic mass is 32.2. The number of ether oxygens (including phenoxy) is 1. The minimum absolute atomic E-state index is 0.108. The van der Waals surface area contributed by atoms with Crippen LogP contribution in [0.3, 0.4) is 0 Å². The van der Waals surface area contributed by atoms with E-state index in [0.717, 1.165) is 33.8 Å². The molecule has 0 aliphatic carbocycles. The van der Waals surface area contributed by atoms with E-state index in [2.05, 4.69) is 23.2 Å². The topological polar surface area (TPSA) is 57.0 Å². The second-order valence-corrected chi connectivity index (χ2v) is 8.28. The minimum Gasteiger partial charge on any atom is -0.497 e. The van der Waals surface area contributed by atoms with Gasteiger partial charge in [-0.3, -0.25) is 4.79 Å². The fourth-order valence-corrected chi connectivity index (χ4v) is 3.97. The Bertz CT molecular complexity index is 1030. The third kappa shape index (κ3) is 3.97. The number of aryl methyl sites for hydroxylation is 3. The predicted molar refractivity (Wildman–Crippen MR) is 113 cm³/mol. The maximum absolute atomic E-state index is 13.0. The summed E-state index contributed by atoms with van der Waals surface area (Å²) < 4.78 is 7.20. The average Bonchev–Trinajstić information content (AvgIpc) is 3.04. The van der Waals surface area contributed by atoms with Crippen LogP contribution in [0.1, 0.15) is 34.0 Å². The number of Topliss-reactive ketones (excluding diaryl/α,β-unsaturated/α-hetero) is 1. The molecule has 0 amide bonds. The number of aromatic nitrogens is 3. The number of hydrogen-bond acceptors (Lipinski definition) is 5. The molecule has 0 bridgehead atoms. The van der Waals surface area contributed by atoms with Gasteiger partial charge in [0, 0.05) is 18.2 Å². The molecule has 1 heterocycles. The Kier molecular flexibility index (Phi) is 5.89. The maximum Gasteiger partial charge on any atom is 0.191 e. The third-order valence-electron chi connectivity index (χ3n) is 4.92. The van der Waals surface area contributed by atoms with Crippen LogP contribution in [0.4, 0.5) is 0 Å². The Balaban J connectivity index is 1.83. The number of methoxy groups -OCH3 is 1. The zero-order valence-corrected chi connectivity index (χ0v) is 17.9. The number of hydrogen-bond donors (Lipinski definition) is 0. The second-order valence-electron chi connectivity index (χ2n) is 6.97. The van der Waals surface area contributed by atoms with Crippen LogP contribution in [0, 0.1) is 20.8 Å². The summed E-state index contributed by atoms with van der Waals surface area (Å²) in [4.78, 5) is 13.0. The molecule has 146 valence electrons. The van der Waals surface area contributed by atoms with Crippen LogP contribution in [-0.4, -0.2) is 32.9 Å². The number of carbonyl (C=O) groups excluding carboxylic acids is 1. The Morgan fingerprint density at radius 3 is 2.50 bits per heavy atom. The Labute approximate surface area is 170 Å². The van der Waals surface area contributed by atoms with Gasteiger partial charge in [-0.1, -0.05) is 30.0 Å². The van der Waals surface area contributed by atoms with Crippen molar-refractivity contribution in [3.8, 4) is 17.1 Å². The Hall–Kier alpha value is -2.60. The summed E-state index contributed by atoms with van der Waals surface area (Å²) in [7, 11) is 3.55. The van der Waals surface area contributed by atoms with E-state index in [4.69, 9.17) is 4.74 Å². The van der Waals surface area contributed by atoms with Crippen molar-refractivity contribution < 1.29 is 9.53 Å². The number of thioether (sulfide) groups is 1. The minimum atomic E-state index is -0.262. The van der Waals surface area contributed by atoms with Crippen molar-refractivity contribution in [3.63, 3.8) is 0 Å². The standard InChI is InChI=1S/C22H25N3O2S/c1-13-10-15(3)19(11-14(13)2)20(26)16(4)28-22-24-23-21(25(22)5)17-8-7-9-18(12-17)27-6/h7-12,16H,1-6H3. The molecule has 1 unspecified atom stereocenters. The van der Waals surface area contributed by atoms with Gasteiger partial charge in [-0.25, -0.2) is 0 Å². The summed E-state index contributed by atoms with van der Waals surface area (Å²) in [5, 5.41) is 9.06. The highest BCUT2D eigenvalue weighted by Crippen LogP contribution is 2.29. The molecule has 5 nitrogen and oxygen atoms in total. The van der Waals surface area contributed by atoms with Crippen molar-refractivity contribution in [2.24, 2.45) is 7.05 Å². The number of ketones is 1. The van der Waals surface area contributed by atoms with E-state index >= 15 is 0 Å². The van der Waals surface area contributed by atoms with Gasteiger partial charge in [0.15, 0.2) is 16.8 Å². The van der Waals surface area contributed by atoms with Gasteiger partial charge in [-0.05, 0) is 62.6 Å². The molecule has 1 atom stereocenters. The lowest BCUT2D eigenvalue weighted by Crippen LogP contribution is -2.16. The zero-order valence-electron chi connectivity index (χ0n) is 17.1. The first kappa shape index (κ1) is 20.1. The van der Waals surface area contributed by atoms with Crippen molar-refractivity contribution in [1.29, 1.82) is 0 Å². The summed E-state index contributed by atoms with van der Waals surface area (Å²) in [5.74, 6) is 1.61. The molecular weight excluding hydrogens is 370 g/mol. The van der Waals surface area contributed by atoms with E-state index in [0.29, 0.717) is 5.16 Å². The molecule has 28 heavy (non-hydrogen) atoms. The first-order chi connectivity index (χ1) is 13.3. The van der Waals surface area contributed by atoms with Crippen LogP contribution in [0.2, 0.25) is 0 Å². The van der Waals surface area contributed by atoms with Crippen LogP contribution in [0.15, 0.2) is 41.6 Å². The molecule has 0 saturated carbocycles. The number of carbonyl (C=O) groups is 1. The van der Waals surface area contributed by atoms with Crippen LogP contribution in [-0.2, 0) is 7.05 Å². The lowest BCUT2D eigenvalue weighted by molar-refractivity contribution is 0.0993. The van der Waals surface area contributed by atoms with E-state index in [-0.39, 0.29) is 11.0 Å². The molecule has 3 rings (SSSR count). The number of nitrogens with zero attached hydrogens (tertiary/aromatic N) is 3. The molecular formula is C22H25N3O2S. The Morgan fingerprint density at radius 1 is 1.07 bits per heavy atom. The monoisotopic (exact) mass is 395 g/mol. The summed E-state index contributed by atoms with van der Waals surface area (Å²) in [5.41, 5.74) is 5.04. The summed E-state index contributed by atoms with van der Waals surface area (Å²) in [6.07, 6.45) is 0. The molecule has 3 aromatic rings.